The van der Waals surface area contributed by atoms with E-state index in [1.165, 1.54) is 0 Å². The summed E-state index contributed by atoms with van der Waals surface area (Å²) in [5.41, 5.74) is 6.86. The molecule has 0 atom stereocenters. The number of benzene rings is 1. The summed E-state index contributed by atoms with van der Waals surface area (Å²) >= 11 is 3.30. The van der Waals surface area contributed by atoms with E-state index in [1.54, 1.807) is 18.2 Å². The summed E-state index contributed by atoms with van der Waals surface area (Å²) in [5.74, 6) is -0.128. The van der Waals surface area contributed by atoms with Crippen molar-refractivity contribution < 1.29 is 9.53 Å². The van der Waals surface area contributed by atoms with Crippen LogP contribution in [0.4, 0.5) is 5.69 Å². The van der Waals surface area contributed by atoms with Crippen molar-refractivity contribution in [1.82, 2.24) is 10.2 Å². The lowest BCUT2D eigenvalue weighted by atomic mass is 10.2. The van der Waals surface area contributed by atoms with Gasteiger partial charge in [0.1, 0.15) is 0 Å². The van der Waals surface area contributed by atoms with Crippen molar-refractivity contribution in [3.05, 3.63) is 28.2 Å². The first-order valence-electron chi connectivity index (χ1n) is 6.06. The van der Waals surface area contributed by atoms with Crippen molar-refractivity contribution in [1.29, 1.82) is 0 Å². The number of likely N-dealkylation sites (N-methyl/N-ethyl adjacent to an activating group) is 1. The van der Waals surface area contributed by atoms with Crippen LogP contribution in [0.3, 0.4) is 0 Å². The van der Waals surface area contributed by atoms with Crippen LogP contribution in [-0.4, -0.2) is 51.2 Å². The number of ether oxygens (including phenoxy) is 1. The average molecular weight is 330 g/mol. The van der Waals surface area contributed by atoms with Crippen LogP contribution in [0, 0.1) is 0 Å². The molecule has 0 saturated heterocycles. The summed E-state index contributed by atoms with van der Waals surface area (Å²) in [6, 6.07) is 5.10. The van der Waals surface area contributed by atoms with E-state index >= 15 is 0 Å². The number of anilines is 1. The Kier molecular flexibility index (Phi) is 6.83. The van der Waals surface area contributed by atoms with Gasteiger partial charge in [-0.05, 0) is 48.2 Å². The Bertz CT molecular complexity index is 424. The number of nitrogen functional groups attached to an aromatic ring is 1. The molecule has 0 aliphatic carbocycles. The van der Waals surface area contributed by atoms with Gasteiger partial charge in [-0.2, -0.15) is 0 Å². The molecular weight excluding hydrogens is 310 g/mol. The molecule has 0 radical (unpaired) electrons. The quantitative estimate of drug-likeness (QED) is 0.585. The zero-order valence-corrected chi connectivity index (χ0v) is 12.9. The molecule has 106 valence electrons. The van der Waals surface area contributed by atoms with E-state index in [1.807, 2.05) is 19.0 Å². The summed E-state index contributed by atoms with van der Waals surface area (Å²) in [7, 11) is 3.98. The number of carbonyl (C=O) groups excluding carboxylic acids is 1. The van der Waals surface area contributed by atoms with Crippen LogP contribution in [0.15, 0.2) is 22.7 Å². The monoisotopic (exact) mass is 329 g/mol. The molecule has 1 rings (SSSR count). The predicted octanol–water partition coefficient (Wildman–Crippen LogP) is 1.34. The summed E-state index contributed by atoms with van der Waals surface area (Å²) in [4.78, 5) is 13.9. The van der Waals surface area contributed by atoms with Crippen LogP contribution in [0.25, 0.3) is 0 Å². The van der Waals surface area contributed by atoms with Gasteiger partial charge in [0.2, 0.25) is 0 Å². The maximum atomic E-state index is 11.8. The average Bonchev–Trinajstić information content (AvgIpc) is 2.36. The molecule has 0 aliphatic rings. The lowest BCUT2D eigenvalue weighted by Crippen LogP contribution is -2.28. The lowest BCUT2D eigenvalue weighted by molar-refractivity contribution is 0.0900. The van der Waals surface area contributed by atoms with E-state index in [4.69, 9.17) is 10.5 Å². The van der Waals surface area contributed by atoms with Gasteiger partial charge in [-0.1, -0.05) is 0 Å². The molecule has 0 spiro atoms. The normalized spacial score (nSPS) is 10.7. The first-order valence-corrected chi connectivity index (χ1v) is 6.85. The number of carbonyl (C=O) groups is 1. The zero-order valence-electron chi connectivity index (χ0n) is 11.3. The zero-order chi connectivity index (χ0) is 14.3. The number of halogens is 1. The summed E-state index contributed by atoms with van der Waals surface area (Å²) in [5, 5.41) is 2.79. The molecule has 0 unspecified atom stereocenters. The minimum Gasteiger partial charge on any atom is -0.398 e. The van der Waals surface area contributed by atoms with Crippen molar-refractivity contribution in [2.45, 2.75) is 0 Å². The molecule has 3 N–H and O–H groups in total. The first kappa shape index (κ1) is 15.9. The van der Waals surface area contributed by atoms with Crippen molar-refractivity contribution in [3.8, 4) is 0 Å². The molecule has 1 aromatic rings. The first-order chi connectivity index (χ1) is 9.00. The predicted molar refractivity (Wildman–Crippen MR) is 80.3 cm³/mol. The standard InChI is InChI=1S/C13H20BrN3O2/c1-17(2)6-8-19-7-5-16-13(18)10-3-4-12(15)11(14)9-10/h3-4,9H,5-8,15H2,1-2H3,(H,16,18). The van der Waals surface area contributed by atoms with Gasteiger partial charge >= 0.3 is 0 Å². The number of rotatable bonds is 7. The summed E-state index contributed by atoms with van der Waals surface area (Å²) in [6.07, 6.45) is 0. The number of nitrogens with zero attached hydrogens (tertiary/aromatic N) is 1. The molecule has 5 nitrogen and oxygen atoms in total. The van der Waals surface area contributed by atoms with E-state index in [0.29, 0.717) is 31.0 Å². The molecule has 0 heterocycles. The van der Waals surface area contributed by atoms with Crippen LogP contribution in [0.5, 0.6) is 0 Å². The Balaban J connectivity index is 2.26. The number of hydrogen-bond donors (Lipinski definition) is 2. The van der Waals surface area contributed by atoms with Crippen LogP contribution in [-0.2, 0) is 4.74 Å². The maximum Gasteiger partial charge on any atom is 0.251 e. The molecular formula is C13H20BrN3O2. The Morgan fingerprint density at radius 1 is 1.42 bits per heavy atom. The topological polar surface area (TPSA) is 67.6 Å². The largest absolute Gasteiger partial charge is 0.398 e. The second-order valence-corrected chi connectivity index (χ2v) is 5.26. The fraction of sp³-hybridized carbons (Fsp3) is 0.462. The van der Waals surface area contributed by atoms with Crippen LogP contribution in [0.2, 0.25) is 0 Å². The number of nitrogens with one attached hydrogen (secondary N) is 1. The number of nitrogens with two attached hydrogens (primary N) is 1. The third-order valence-corrected chi connectivity index (χ3v) is 3.16. The van der Waals surface area contributed by atoms with Crippen molar-refractivity contribution in [2.75, 3.05) is 46.1 Å². The van der Waals surface area contributed by atoms with Crippen molar-refractivity contribution >= 4 is 27.5 Å². The number of amides is 1. The van der Waals surface area contributed by atoms with Crippen LogP contribution >= 0.6 is 15.9 Å². The highest BCUT2D eigenvalue weighted by molar-refractivity contribution is 9.10. The molecule has 0 fully saturated rings. The fourth-order valence-electron chi connectivity index (χ4n) is 1.36. The summed E-state index contributed by atoms with van der Waals surface area (Å²) in [6.45, 7) is 2.54. The maximum absolute atomic E-state index is 11.8. The molecule has 0 aliphatic heterocycles. The lowest BCUT2D eigenvalue weighted by Gasteiger charge is -2.10. The fourth-order valence-corrected chi connectivity index (χ4v) is 1.74. The highest BCUT2D eigenvalue weighted by Gasteiger charge is 2.06. The summed E-state index contributed by atoms with van der Waals surface area (Å²) < 4.78 is 6.11. The van der Waals surface area contributed by atoms with E-state index in [9.17, 15) is 4.79 Å². The van der Waals surface area contributed by atoms with Gasteiger partial charge in [-0.15, -0.1) is 0 Å². The Morgan fingerprint density at radius 2 is 2.16 bits per heavy atom. The van der Waals surface area contributed by atoms with Gasteiger partial charge in [0.15, 0.2) is 0 Å². The van der Waals surface area contributed by atoms with Crippen LogP contribution < -0.4 is 11.1 Å². The van der Waals surface area contributed by atoms with E-state index < -0.39 is 0 Å². The van der Waals surface area contributed by atoms with Gasteiger partial charge in [0, 0.05) is 28.8 Å². The SMILES string of the molecule is CN(C)CCOCCNC(=O)c1ccc(N)c(Br)c1. The molecule has 0 bridgehead atoms. The number of hydrogen-bond acceptors (Lipinski definition) is 4. The van der Waals surface area contributed by atoms with Crippen LogP contribution in [0.1, 0.15) is 10.4 Å². The third kappa shape index (κ3) is 6.04. The van der Waals surface area contributed by atoms with E-state index in [0.717, 1.165) is 11.0 Å². The minimum absolute atomic E-state index is 0.128. The van der Waals surface area contributed by atoms with Gasteiger partial charge < -0.3 is 20.7 Å². The van der Waals surface area contributed by atoms with Gasteiger partial charge in [0.25, 0.3) is 5.91 Å². The highest BCUT2D eigenvalue weighted by Crippen LogP contribution is 2.20. The molecule has 1 aromatic carbocycles. The van der Waals surface area contributed by atoms with Crippen molar-refractivity contribution in [2.24, 2.45) is 0 Å². The van der Waals surface area contributed by atoms with E-state index in [2.05, 4.69) is 21.2 Å². The Hall–Kier alpha value is -1.11. The highest BCUT2D eigenvalue weighted by atomic mass is 79.9. The van der Waals surface area contributed by atoms with Crippen molar-refractivity contribution in [3.63, 3.8) is 0 Å². The molecule has 0 aromatic heterocycles. The molecule has 0 saturated carbocycles. The smallest absolute Gasteiger partial charge is 0.251 e. The van der Waals surface area contributed by atoms with E-state index in [-0.39, 0.29) is 5.91 Å². The van der Waals surface area contributed by atoms with Gasteiger partial charge in [-0.25, -0.2) is 0 Å². The Labute approximate surface area is 122 Å². The second-order valence-electron chi connectivity index (χ2n) is 4.41. The van der Waals surface area contributed by atoms with Gasteiger partial charge in [-0.3, -0.25) is 4.79 Å². The molecule has 1 amide bonds. The molecule has 6 heteroatoms. The second kappa shape index (κ2) is 8.14. The molecule has 19 heavy (non-hydrogen) atoms. The van der Waals surface area contributed by atoms with Gasteiger partial charge in [0.05, 0.1) is 13.2 Å². The third-order valence-electron chi connectivity index (χ3n) is 2.48. The minimum atomic E-state index is -0.128. The Morgan fingerprint density at radius 3 is 2.79 bits per heavy atom.